The normalized spacial score (nSPS) is 12.9. The fourth-order valence-corrected chi connectivity index (χ4v) is 1.10. The van der Waals surface area contributed by atoms with Crippen LogP contribution in [0.4, 0.5) is 0 Å². The van der Waals surface area contributed by atoms with Crippen LogP contribution in [-0.2, 0) is 19.0 Å². The molecule has 0 saturated heterocycles. The molecular formula is C13H26O4. The number of carbonyl (C=O) groups is 1. The van der Waals surface area contributed by atoms with E-state index < -0.39 is 11.0 Å². The SMILES string of the molecule is COC(C)(C)C(C)(C)C(=O)OCCOC(C)C. The van der Waals surface area contributed by atoms with E-state index in [1.54, 1.807) is 7.11 Å². The van der Waals surface area contributed by atoms with E-state index in [1.165, 1.54) is 0 Å². The smallest absolute Gasteiger partial charge is 0.314 e. The fraction of sp³-hybridized carbons (Fsp3) is 0.923. The Labute approximate surface area is 105 Å². The number of rotatable bonds is 7. The summed E-state index contributed by atoms with van der Waals surface area (Å²) in [6.07, 6.45) is 0.150. The van der Waals surface area contributed by atoms with Crippen LogP contribution < -0.4 is 0 Å². The first-order valence-electron chi connectivity index (χ1n) is 5.99. The van der Waals surface area contributed by atoms with Crippen molar-refractivity contribution < 1.29 is 19.0 Å². The van der Waals surface area contributed by atoms with Gasteiger partial charge in [0, 0.05) is 7.11 Å². The first kappa shape index (κ1) is 16.4. The van der Waals surface area contributed by atoms with E-state index in [2.05, 4.69) is 0 Å². The molecule has 0 fully saturated rings. The van der Waals surface area contributed by atoms with Crippen molar-refractivity contribution in [1.29, 1.82) is 0 Å². The minimum atomic E-state index is -0.695. The topological polar surface area (TPSA) is 44.8 Å². The van der Waals surface area contributed by atoms with Crippen LogP contribution in [0, 0.1) is 5.41 Å². The summed E-state index contributed by atoms with van der Waals surface area (Å²) in [5.74, 6) is -0.267. The molecule has 0 aromatic carbocycles. The highest BCUT2D eigenvalue weighted by molar-refractivity contribution is 5.77. The molecule has 0 aromatic heterocycles. The Balaban J connectivity index is 4.22. The third-order valence-corrected chi connectivity index (χ3v) is 3.29. The van der Waals surface area contributed by atoms with Crippen LogP contribution in [0.2, 0.25) is 0 Å². The van der Waals surface area contributed by atoms with E-state index in [4.69, 9.17) is 14.2 Å². The van der Waals surface area contributed by atoms with Gasteiger partial charge in [-0.05, 0) is 41.5 Å². The van der Waals surface area contributed by atoms with Gasteiger partial charge in [-0.2, -0.15) is 0 Å². The maximum absolute atomic E-state index is 12.0. The highest BCUT2D eigenvalue weighted by Crippen LogP contribution is 2.34. The summed E-state index contributed by atoms with van der Waals surface area (Å²) in [4.78, 5) is 12.0. The van der Waals surface area contributed by atoms with Gasteiger partial charge in [0.2, 0.25) is 0 Å². The van der Waals surface area contributed by atoms with Crippen molar-refractivity contribution >= 4 is 5.97 Å². The maximum Gasteiger partial charge on any atom is 0.314 e. The first-order valence-corrected chi connectivity index (χ1v) is 5.99. The Morgan fingerprint density at radius 3 is 2.06 bits per heavy atom. The third-order valence-electron chi connectivity index (χ3n) is 3.29. The van der Waals surface area contributed by atoms with Gasteiger partial charge in [0.15, 0.2) is 0 Å². The zero-order valence-electron chi connectivity index (χ0n) is 12.1. The summed E-state index contributed by atoms with van der Waals surface area (Å²) in [5, 5.41) is 0. The highest BCUT2D eigenvalue weighted by atomic mass is 16.6. The van der Waals surface area contributed by atoms with E-state index >= 15 is 0 Å². The molecule has 0 aliphatic carbocycles. The molecule has 0 atom stereocenters. The van der Waals surface area contributed by atoms with Crippen LogP contribution >= 0.6 is 0 Å². The molecule has 102 valence electrons. The molecule has 0 saturated carbocycles. The molecule has 0 bridgehead atoms. The zero-order chi connectivity index (χ0) is 13.7. The fourth-order valence-electron chi connectivity index (χ4n) is 1.10. The number of hydrogen-bond acceptors (Lipinski definition) is 4. The van der Waals surface area contributed by atoms with Gasteiger partial charge >= 0.3 is 5.97 Å². The Kier molecular flexibility index (Phi) is 6.13. The van der Waals surface area contributed by atoms with Crippen LogP contribution in [0.1, 0.15) is 41.5 Å². The predicted molar refractivity (Wildman–Crippen MR) is 66.9 cm³/mol. The molecule has 0 aliphatic heterocycles. The predicted octanol–water partition coefficient (Wildman–Crippen LogP) is 2.41. The third kappa shape index (κ3) is 4.64. The molecule has 4 heteroatoms. The Bertz CT molecular complexity index is 244. The molecular weight excluding hydrogens is 220 g/mol. The number of carbonyl (C=O) groups excluding carboxylic acids is 1. The molecule has 0 unspecified atom stereocenters. The molecule has 0 N–H and O–H groups in total. The Morgan fingerprint density at radius 2 is 1.65 bits per heavy atom. The molecule has 0 amide bonds. The standard InChI is InChI=1S/C13H26O4/c1-10(2)16-8-9-17-11(14)12(3,4)13(5,6)15-7/h10H,8-9H2,1-7H3. The minimum absolute atomic E-state index is 0.150. The Morgan fingerprint density at radius 1 is 1.12 bits per heavy atom. The van der Waals surface area contributed by atoms with Crippen molar-refractivity contribution in [3.8, 4) is 0 Å². The molecule has 17 heavy (non-hydrogen) atoms. The summed E-state index contributed by atoms with van der Waals surface area (Å²) < 4.78 is 15.8. The molecule has 0 heterocycles. The van der Waals surface area contributed by atoms with Crippen LogP contribution in [-0.4, -0.2) is 38.0 Å². The van der Waals surface area contributed by atoms with Crippen molar-refractivity contribution in [3.05, 3.63) is 0 Å². The van der Waals surface area contributed by atoms with Gasteiger partial charge in [-0.15, -0.1) is 0 Å². The van der Waals surface area contributed by atoms with Crippen molar-refractivity contribution in [2.24, 2.45) is 5.41 Å². The monoisotopic (exact) mass is 246 g/mol. The largest absolute Gasteiger partial charge is 0.463 e. The lowest BCUT2D eigenvalue weighted by Gasteiger charge is -2.37. The number of esters is 1. The maximum atomic E-state index is 12.0. The summed E-state index contributed by atoms with van der Waals surface area (Å²) in [7, 11) is 1.59. The van der Waals surface area contributed by atoms with E-state index in [-0.39, 0.29) is 18.7 Å². The van der Waals surface area contributed by atoms with Crippen molar-refractivity contribution in [2.75, 3.05) is 20.3 Å². The van der Waals surface area contributed by atoms with E-state index in [0.717, 1.165) is 0 Å². The second kappa shape index (κ2) is 6.36. The van der Waals surface area contributed by atoms with Crippen LogP contribution in [0.5, 0.6) is 0 Å². The molecule has 0 aliphatic rings. The van der Waals surface area contributed by atoms with Crippen LogP contribution in [0.3, 0.4) is 0 Å². The average molecular weight is 246 g/mol. The second-order valence-corrected chi connectivity index (χ2v) is 5.39. The summed E-state index contributed by atoms with van der Waals surface area (Å²) in [5.41, 5.74) is -1.26. The van der Waals surface area contributed by atoms with E-state index in [1.807, 2.05) is 41.5 Å². The van der Waals surface area contributed by atoms with Crippen molar-refractivity contribution in [2.45, 2.75) is 53.2 Å². The van der Waals surface area contributed by atoms with Gasteiger partial charge in [-0.3, -0.25) is 4.79 Å². The van der Waals surface area contributed by atoms with Gasteiger partial charge in [-0.25, -0.2) is 0 Å². The molecule has 4 nitrogen and oxygen atoms in total. The quantitative estimate of drug-likeness (QED) is 0.511. The minimum Gasteiger partial charge on any atom is -0.463 e. The van der Waals surface area contributed by atoms with Gasteiger partial charge < -0.3 is 14.2 Å². The number of ether oxygens (including phenoxy) is 3. The van der Waals surface area contributed by atoms with E-state index in [0.29, 0.717) is 6.61 Å². The lowest BCUT2D eigenvalue weighted by molar-refractivity contribution is -0.172. The van der Waals surface area contributed by atoms with Crippen LogP contribution in [0.15, 0.2) is 0 Å². The summed E-state index contributed by atoms with van der Waals surface area (Å²) >= 11 is 0. The van der Waals surface area contributed by atoms with Gasteiger partial charge in [-0.1, -0.05) is 0 Å². The number of methoxy groups -OCH3 is 1. The molecule has 0 radical (unpaired) electrons. The van der Waals surface area contributed by atoms with Crippen molar-refractivity contribution in [3.63, 3.8) is 0 Å². The van der Waals surface area contributed by atoms with Crippen LogP contribution in [0.25, 0.3) is 0 Å². The average Bonchev–Trinajstić information content (AvgIpc) is 2.23. The summed E-state index contributed by atoms with van der Waals surface area (Å²) in [6, 6.07) is 0. The van der Waals surface area contributed by atoms with Gasteiger partial charge in [0.05, 0.1) is 23.7 Å². The van der Waals surface area contributed by atoms with Crippen molar-refractivity contribution in [1.82, 2.24) is 0 Å². The zero-order valence-corrected chi connectivity index (χ0v) is 12.1. The van der Waals surface area contributed by atoms with Gasteiger partial charge in [0.1, 0.15) is 6.61 Å². The lowest BCUT2D eigenvalue weighted by atomic mass is 9.77. The first-order chi connectivity index (χ1) is 7.65. The highest BCUT2D eigenvalue weighted by Gasteiger charge is 2.44. The number of hydrogen-bond donors (Lipinski definition) is 0. The Hall–Kier alpha value is -0.610. The van der Waals surface area contributed by atoms with E-state index in [9.17, 15) is 4.79 Å². The van der Waals surface area contributed by atoms with Gasteiger partial charge in [0.25, 0.3) is 0 Å². The second-order valence-electron chi connectivity index (χ2n) is 5.39. The lowest BCUT2D eigenvalue weighted by Crippen LogP contribution is -2.47. The molecule has 0 aromatic rings. The molecule has 0 spiro atoms. The molecule has 0 rings (SSSR count). The summed E-state index contributed by atoms with van der Waals surface area (Å²) in [6.45, 7) is 12.0.